The summed E-state index contributed by atoms with van der Waals surface area (Å²) in [4.78, 5) is 27.7. The number of carbonyl (C=O) groups excluding carboxylic acids is 1. The summed E-state index contributed by atoms with van der Waals surface area (Å²) in [5.74, 6) is -0.0854. The van der Waals surface area contributed by atoms with Gasteiger partial charge >= 0.3 is 13.3 Å². The van der Waals surface area contributed by atoms with Crippen molar-refractivity contribution in [3.63, 3.8) is 0 Å². The van der Waals surface area contributed by atoms with Gasteiger partial charge in [0, 0.05) is 6.07 Å². The molecule has 0 saturated carbocycles. The zero-order chi connectivity index (χ0) is 11.6. The van der Waals surface area contributed by atoms with Crippen molar-refractivity contribution >= 4 is 36.5 Å². The Morgan fingerprint density at radius 1 is 1.27 bits per heavy atom. The topological polar surface area (TPSA) is 83.8 Å². The molecule has 0 heterocycles. The highest BCUT2D eigenvalue weighted by Crippen LogP contribution is 2.38. The highest BCUT2D eigenvalue weighted by atomic mass is 35.5. The molecular formula is C7H5Cl2O5P. The summed E-state index contributed by atoms with van der Waals surface area (Å²) in [6.07, 6.45) is 0. The Morgan fingerprint density at radius 3 is 2.33 bits per heavy atom. The fourth-order valence-electron chi connectivity index (χ4n) is 0.701. The van der Waals surface area contributed by atoms with Crippen molar-refractivity contribution in [3.05, 3.63) is 28.2 Å². The van der Waals surface area contributed by atoms with E-state index in [1.165, 1.54) is 18.2 Å². The quantitative estimate of drug-likeness (QED) is 0.808. The first-order valence-electron chi connectivity index (χ1n) is 3.53. The normalized spacial score (nSPS) is 11.2. The van der Waals surface area contributed by atoms with Crippen molar-refractivity contribution in [1.29, 1.82) is 0 Å². The number of rotatable bonds is 2. The fourth-order valence-corrected chi connectivity index (χ4v) is 1.21. The van der Waals surface area contributed by atoms with Gasteiger partial charge in [0.2, 0.25) is 0 Å². The van der Waals surface area contributed by atoms with Crippen molar-refractivity contribution in [2.45, 2.75) is 0 Å². The number of hydrogen-bond donors (Lipinski definition) is 2. The van der Waals surface area contributed by atoms with E-state index >= 15 is 0 Å². The molecule has 8 heteroatoms. The Labute approximate surface area is 94.7 Å². The maximum absolute atomic E-state index is 10.8. The summed E-state index contributed by atoms with van der Waals surface area (Å²) in [5, 5.41) is 0.361. The van der Waals surface area contributed by atoms with E-state index in [-0.39, 0.29) is 15.8 Å². The van der Waals surface area contributed by atoms with E-state index < -0.39 is 13.3 Å². The van der Waals surface area contributed by atoms with Gasteiger partial charge in [0.15, 0.2) is 0 Å². The van der Waals surface area contributed by atoms with E-state index in [9.17, 15) is 9.36 Å². The minimum Gasteiger partial charge on any atom is -0.417 e. The Kier molecular flexibility index (Phi) is 3.76. The summed E-state index contributed by atoms with van der Waals surface area (Å²) >= 11 is 11.2. The zero-order valence-electron chi connectivity index (χ0n) is 7.05. The van der Waals surface area contributed by atoms with Gasteiger partial charge in [0.1, 0.15) is 5.75 Å². The molecule has 15 heavy (non-hydrogen) atoms. The lowest BCUT2D eigenvalue weighted by molar-refractivity contribution is 0.213. The van der Waals surface area contributed by atoms with Gasteiger partial charge in [-0.2, -0.15) is 0 Å². The van der Waals surface area contributed by atoms with E-state index in [1.54, 1.807) is 0 Å². The first kappa shape index (κ1) is 12.5. The van der Waals surface area contributed by atoms with Crippen LogP contribution in [0.15, 0.2) is 18.2 Å². The molecule has 0 spiro atoms. The summed E-state index contributed by atoms with van der Waals surface area (Å²) in [5.41, 5.74) is -1.64. The molecule has 0 bridgehead atoms. The lowest BCUT2D eigenvalue weighted by Gasteiger charge is -2.05. The average molecular weight is 271 g/mol. The second kappa shape index (κ2) is 4.51. The van der Waals surface area contributed by atoms with E-state index in [1.807, 2.05) is 0 Å². The molecule has 1 aromatic rings. The smallest absolute Gasteiger partial charge is 0.417 e. The Hall–Kier alpha value is -0.580. The number of halogens is 2. The van der Waals surface area contributed by atoms with Crippen LogP contribution < -0.4 is 4.74 Å². The molecule has 0 radical (unpaired) electrons. The minimum absolute atomic E-state index is 0.0854. The van der Waals surface area contributed by atoms with Crippen LogP contribution in [-0.4, -0.2) is 15.5 Å². The lowest BCUT2D eigenvalue weighted by atomic mass is 10.3. The third kappa shape index (κ3) is 3.48. The number of hydrogen-bond acceptors (Lipinski definition) is 3. The van der Waals surface area contributed by atoms with Crippen molar-refractivity contribution < 1.29 is 23.9 Å². The molecule has 0 atom stereocenters. The van der Waals surface area contributed by atoms with Crippen molar-refractivity contribution in [2.24, 2.45) is 0 Å². The molecule has 0 amide bonds. The van der Waals surface area contributed by atoms with Crippen LogP contribution in [0.25, 0.3) is 0 Å². The largest absolute Gasteiger partial charge is 0.433 e. The van der Waals surface area contributed by atoms with Crippen LogP contribution in [0.5, 0.6) is 5.75 Å². The predicted octanol–water partition coefficient (Wildman–Crippen LogP) is 2.67. The zero-order valence-corrected chi connectivity index (χ0v) is 9.46. The predicted molar refractivity (Wildman–Crippen MR) is 54.5 cm³/mol. The lowest BCUT2D eigenvalue weighted by Crippen LogP contribution is -2.05. The molecule has 0 aromatic heterocycles. The maximum Gasteiger partial charge on any atom is 0.433 e. The van der Waals surface area contributed by atoms with Crippen molar-refractivity contribution in [2.75, 3.05) is 0 Å². The third-order valence-electron chi connectivity index (χ3n) is 1.33. The van der Waals surface area contributed by atoms with Crippen molar-refractivity contribution in [1.82, 2.24) is 0 Å². The van der Waals surface area contributed by atoms with E-state index in [2.05, 4.69) is 4.74 Å². The highest BCUT2D eigenvalue weighted by molar-refractivity contribution is 7.69. The molecule has 0 unspecified atom stereocenters. The van der Waals surface area contributed by atoms with E-state index in [0.717, 1.165) is 0 Å². The maximum atomic E-state index is 10.8. The Balaban J connectivity index is 2.87. The first-order chi connectivity index (χ1) is 6.80. The van der Waals surface area contributed by atoms with Gasteiger partial charge in [-0.25, -0.2) is 9.36 Å². The summed E-state index contributed by atoms with van der Waals surface area (Å²) in [7, 11) is -4.89. The summed E-state index contributed by atoms with van der Waals surface area (Å²) < 4.78 is 14.8. The number of ether oxygens (including phenoxy) is 1. The minimum atomic E-state index is -4.89. The van der Waals surface area contributed by atoms with E-state index in [4.69, 9.17) is 33.0 Å². The van der Waals surface area contributed by atoms with E-state index in [0.29, 0.717) is 0 Å². The van der Waals surface area contributed by atoms with Gasteiger partial charge in [-0.15, -0.1) is 0 Å². The Bertz CT molecular complexity index is 441. The standard InChI is InChI=1S/C7H5Cl2O5P/c8-5-2-1-4(3-6(5)9)14-7(10)15(11,12)13/h1-3H,(H2,11,12,13). The molecule has 0 aliphatic heterocycles. The molecule has 2 N–H and O–H groups in total. The van der Waals surface area contributed by atoms with Crippen LogP contribution in [0.1, 0.15) is 0 Å². The molecule has 1 aromatic carbocycles. The van der Waals surface area contributed by atoms with Gasteiger partial charge in [-0.1, -0.05) is 23.2 Å². The average Bonchev–Trinajstić information content (AvgIpc) is 2.10. The molecule has 0 saturated heterocycles. The fraction of sp³-hybridized carbons (Fsp3) is 0. The molecule has 5 nitrogen and oxygen atoms in total. The molecular weight excluding hydrogens is 266 g/mol. The van der Waals surface area contributed by atoms with Crippen LogP contribution in [0, 0.1) is 0 Å². The Morgan fingerprint density at radius 2 is 1.87 bits per heavy atom. The number of carbonyl (C=O) groups is 1. The van der Waals surface area contributed by atoms with Crippen molar-refractivity contribution in [3.8, 4) is 5.75 Å². The van der Waals surface area contributed by atoms with Crippen LogP contribution in [0.2, 0.25) is 10.0 Å². The summed E-state index contributed by atoms with van der Waals surface area (Å²) in [6, 6.07) is 3.78. The second-order valence-corrected chi connectivity index (χ2v) is 4.76. The van der Waals surface area contributed by atoms with Crippen LogP contribution in [0.3, 0.4) is 0 Å². The number of benzene rings is 1. The molecule has 82 valence electrons. The van der Waals surface area contributed by atoms with Gasteiger partial charge in [0.25, 0.3) is 0 Å². The van der Waals surface area contributed by atoms with Crippen LogP contribution >= 0.6 is 30.8 Å². The monoisotopic (exact) mass is 270 g/mol. The third-order valence-corrected chi connectivity index (χ3v) is 2.64. The molecule has 0 aliphatic carbocycles. The van der Waals surface area contributed by atoms with Gasteiger partial charge < -0.3 is 14.5 Å². The van der Waals surface area contributed by atoms with Gasteiger partial charge in [-0.3, -0.25) is 0 Å². The summed E-state index contributed by atoms with van der Waals surface area (Å²) in [6.45, 7) is 0. The molecule has 0 aliphatic rings. The van der Waals surface area contributed by atoms with Gasteiger partial charge in [-0.05, 0) is 12.1 Å². The molecule has 1 rings (SSSR count). The second-order valence-electron chi connectivity index (χ2n) is 2.49. The highest BCUT2D eigenvalue weighted by Gasteiger charge is 2.28. The SMILES string of the molecule is O=C(Oc1ccc(Cl)c(Cl)c1)P(=O)(O)O. The van der Waals surface area contributed by atoms with Crippen LogP contribution in [0.4, 0.5) is 4.79 Å². The molecule has 0 fully saturated rings. The first-order valence-corrected chi connectivity index (χ1v) is 5.90. The van der Waals surface area contributed by atoms with Crippen LogP contribution in [-0.2, 0) is 4.57 Å². The van der Waals surface area contributed by atoms with Gasteiger partial charge in [0.05, 0.1) is 10.0 Å².